The van der Waals surface area contributed by atoms with Crippen molar-refractivity contribution < 1.29 is 4.79 Å². The molecule has 0 amide bonds. The van der Waals surface area contributed by atoms with Crippen LogP contribution in [-0.4, -0.2) is 5.78 Å². The molecule has 0 saturated heterocycles. The Hall–Kier alpha value is -0.890. The van der Waals surface area contributed by atoms with Crippen LogP contribution >= 0.6 is 11.3 Å². The Balaban J connectivity index is 2.21. The molecule has 0 saturated carbocycles. The van der Waals surface area contributed by atoms with Gasteiger partial charge in [-0.2, -0.15) is 0 Å². The first-order valence-corrected chi connectivity index (χ1v) is 7.01. The van der Waals surface area contributed by atoms with E-state index in [1.54, 1.807) is 11.3 Å². The summed E-state index contributed by atoms with van der Waals surface area (Å²) in [5.41, 5.74) is 2.26. The van der Waals surface area contributed by atoms with E-state index in [4.69, 9.17) is 0 Å². The number of Topliss-reactive ketones (excluding diaryl/α,β-unsaturated/α-hetero) is 1. The van der Waals surface area contributed by atoms with Crippen molar-refractivity contribution in [3.63, 3.8) is 0 Å². The number of carbonyl (C=O) groups excluding carboxylic acids is 1. The Bertz CT molecular complexity index is 401. The second-order valence-corrected chi connectivity index (χ2v) is 5.20. The molecule has 0 radical (unpaired) electrons. The summed E-state index contributed by atoms with van der Waals surface area (Å²) in [6.45, 7) is 2.11. The van der Waals surface area contributed by atoms with Crippen molar-refractivity contribution in [3.8, 4) is 0 Å². The third kappa shape index (κ3) is 2.43. The van der Waals surface area contributed by atoms with Crippen molar-refractivity contribution in [1.82, 2.24) is 0 Å². The van der Waals surface area contributed by atoms with Crippen molar-refractivity contribution in [3.05, 3.63) is 33.5 Å². The first kappa shape index (κ1) is 11.6. The van der Waals surface area contributed by atoms with Gasteiger partial charge in [-0.25, -0.2) is 0 Å². The zero-order valence-corrected chi connectivity index (χ0v) is 10.6. The summed E-state index contributed by atoms with van der Waals surface area (Å²) >= 11 is 1.59. The van der Waals surface area contributed by atoms with Crippen molar-refractivity contribution >= 4 is 17.1 Å². The highest BCUT2D eigenvalue weighted by Crippen LogP contribution is 2.25. The number of hydrogen-bond donors (Lipinski definition) is 0. The summed E-state index contributed by atoms with van der Waals surface area (Å²) in [7, 11) is 0. The summed E-state index contributed by atoms with van der Waals surface area (Å²) < 4.78 is 0. The molecule has 0 spiro atoms. The van der Waals surface area contributed by atoms with Crippen LogP contribution < -0.4 is 0 Å². The molecule has 0 fully saturated rings. The molecule has 1 nitrogen and oxygen atoms in total. The Morgan fingerprint density at radius 3 is 3.06 bits per heavy atom. The van der Waals surface area contributed by atoms with Gasteiger partial charge in [-0.15, -0.1) is 11.3 Å². The predicted molar refractivity (Wildman–Crippen MR) is 69.2 cm³/mol. The maximum atomic E-state index is 12.3. The molecule has 86 valence electrons. The third-order valence-electron chi connectivity index (χ3n) is 3.17. The zero-order valence-electron chi connectivity index (χ0n) is 9.79. The number of allylic oxidation sites excluding steroid dienone is 2. The van der Waals surface area contributed by atoms with Crippen molar-refractivity contribution in [1.29, 1.82) is 0 Å². The van der Waals surface area contributed by atoms with Gasteiger partial charge in [0.2, 0.25) is 0 Å². The SMILES string of the molecule is CCc1ccsc1C(=O)C1=CCCCCC1. The molecular weight excluding hydrogens is 216 g/mol. The molecule has 0 atom stereocenters. The molecule has 1 aliphatic rings. The van der Waals surface area contributed by atoms with E-state index in [1.807, 2.05) is 5.38 Å². The van der Waals surface area contributed by atoms with E-state index in [2.05, 4.69) is 19.1 Å². The zero-order chi connectivity index (χ0) is 11.4. The van der Waals surface area contributed by atoms with Crippen LogP contribution in [0.4, 0.5) is 0 Å². The van der Waals surface area contributed by atoms with Gasteiger partial charge in [0.15, 0.2) is 5.78 Å². The predicted octanol–water partition coefficient (Wildman–Crippen LogP) is 4.38. The number of carbonyl (C=O) groups is 1. The minimum atomic E-state index is 0.286. The highest BCUT2D eigenvalue weighted by Gasteiger charge is 2.17. The van der Waals surface area contributed by atoms with Gasteiger partial charge < -0.3 is 0 Å². The van der Waals surface area contributed by atoms with Gasteiger partial charge >= 0.3 is 0 Å². The minimum absolute atomic E-state index is 0.286. The van der Waals surface area contributed by atoms with Gasteiger partial charge in [-0.3, -0.25) is 4.79 Å². The van der Waals surface area contributed by atoms with Gasteiger partial charge in [-0.1, -0.05) is 19.4 Å². The molecule has 16 heavy (non-hydrogen) atoms. The van der Waals surface area contributed by atoms with E-state index >= 15 is 0 Å². The van der Waals surface area contributed by atoms with Crippen LogP contribution in [0, 0.1) is 0 Å². The van der Waals surface area contributed by atoms with E-state index in [0.29, 0.717) is 0 Å². The van der Waals surface area contributed by atoms with Gasteiger partial charge in [-0.05, 0) is 54.7 Å². The van der Waals surface area contributed by atoms with Crippen molar-refractivity contribution in [2.75, 3.05) is 0 Å². The summed E-state index contributed by atoms with van der Waals surface area (Å²) in [5.74, 6) is 0.286. The molecule has 1 aliphatic carbocycles. The van der Waals surface area contributed by atoms with Crippen LogP contribution in [0.5, 0.6) is 0 Å². The average molecular weight is 234 g/mol. The van der Waals surface area contributed by atoms with E-state index in [9.17, 15) is 4.79 Å². The van der Waals surface area contributed by atoms with Crippen LogP contribution in [0.3, 0.4) is 0 Å². The molecule has 0 aliphatic heterocycles. The molecule has 2 rings (SSSR count). The summed E-state index contributed by atoms with van der Waals surface area (Å²) in [5, 5.41) is 2.03. The first-order valence-electron chi connectivity index (χ1n) is 6.13. The molecule has 1 heterocycles. The minimum Gasteiger partial charge on any atom is -0.288 e. The maximum absolute atomic E-state index is 12.3. The molecule has 0 bridgehead atoms. The van der Waals surface area contributed by atoms with E-state index in [-0.39, 0.29) is 5.78 Å². The summed E-state index contributed by atoms with van der Waals surface area (Å²) in [6, 6.07) is 2.08. The summed E-state index contributed by atoms with van der Waals surface area (Å²) in [6.07, 6.45) is 8.84. The smallest absolute Gasteiger partial charge is 0.198 e. The lowest BCUT2D eigenvalue weighted by atomic mass is 10.0. The monoisotopic (exact) mass is 234 g/mol. The Morgan fingerprint density at radius 2 is 2.25 bits per heavy atom. The Morgan fingerprint density at radius 1 is 1.38 bits per heavy atom. The highest BCUT2D eigenvalue weighted by atomic mass is 32.1. The fraction of sp³-hybridized carbons (Fsp3) is 0.500. The quantitative estimate of drug-likeness (QED) is 0.709. The maximum Gasteiger partial charge on any atom is 0.198 e. The van der Waals surface area contributed by atoms with E-state index in [1.165, 1.54) is 24.8 Å². The van der Waals surface area contributed by atoms with E-state index in [0.717, 1.165) is 29.7 Å². The fourth-order valence-corrected chi connectivity index (χ4v) is 3.15. The van der Waals surface area contributed by atoms with Crippen LogP contribution in [0.15, 0.2) is 23.1 Å². The Labute approximate surface area is 101 Å². The number of thiophene rings is 1. The largest absolute Gasteiger partial charge is 0.288 e. The topological polar surface area (TPSA) is 17.1 Å². The second-order valence-electron chi connectivity index (χ2n) is 4.29. The van der Waals surface area contributed by atoms with Crippen LogP contribution in [0.2, 0.25) is 0 Å². The normalized spacial score (nSPS) is 16.7. The second kappa shape index (κ2) is 5.44. The fourth-order valence-electron chi connectivity index (χ4n) is 2.18. The number of rotatable bonds is 3. The van der Waals surface area contributed by atoms with Gasteiger partial charge in [0.25, 0.3) is 0 Å². The molecule has 0 aromatic carbocycles. The molecular formula is C14H18OS. The molecule has 0 N–H and O–H groups in total. The molecule has 0 unspecified atom stereocenters. The number of aryl methyl sites for hydroxylation is 1. The average Bonchev–Trinajstić information content (AvgIpc) is 2.61. The number of hydrogen-bond acceptors (Lipinski definition) is 2. The summed E-state index contributed by atoms with van der Waals surface area (Å²) in [4.78, 5) is 13.3. The van der Waals surface area contributed by atoms with Crippen molar-refractivity contribution in [2.24, 2.45) is 0 Å². The van der Waals surface area contributed by atoms with Gasteiger partial charge in [0, 0.05) is 0 Å². The highest BCUT2D eigenvalue weighted by molar-refractivity contribution is 7.12. The lowest BCUT2D eigenvalue weighted by Crippen LogP contribution is -2.03. The van der Waals surface area contributed by atoms with Crippen LogP contribution in [0.1, 0.15) is 54.3 Å². The van der Waals surface area contributed by atoms with Crippen LogP contribution in [-0.2, 0) is 6.42 Å². The van der Waals surface area contributed by atoms with Crippen molar-refractivity contribution in [2.45, 2.75) is 45.4 Å². The lowest BCUT2D eigenvalue weighted by Gasteiger charge is -2.04. The standard InChI is InChI=1S/C14H18OS/c1-2-11-9-10-16-14(11)13(15)12-7-5-3-4-6-8-12/h7,9-10H,2-6,8H2,1H3. The first-order chi connectivity index (χ1) is 7.83. The molecule has 1 aromatic heterocycles. The Kier molecular flexibility index (Phi) is 3.94. The van der Waals surface area contributed by atoms with Crippen LogP contribution in [0.25, 0.3) is 0 Å². The lowest BCUT2D eigenvalue weighted by molar-refractivity contribution is 0.103. The molecule has 2 heteroatoms. The number of ketones is 1. The van der Waals surface area contributed by atoms with Gasteiger partial charge in [0.05, 0.1) is 4.88 Å². The third-order valence-corrected chi connectivity index (χ3v) is 4.12. The van der Waals surface area contributed by atoms with Gasteiger partial charge in [0.1, 0.15) is 0 Å². The molecule has 1 aromatic rings. The van der Waals surface area contributed by atoms with E-state index < -0.39 is 0 Å².